The summed E-state index contributed by atoms with van der Waals surface area (Å²) < 4.78 is 6.35. The zero-order valence-electron chi connectivity index (χ0n) is 11.5. The van der Waals surface area contributed by atoms with Crippen molar-refractivity contribution in [2.75, 3.05) is 0 Å². The highest BCUT2D eigenvalue weighted by Gasteiger charge is 2.18. The molecule has 0 aliphatic carbocycles. The van der Waals surface area contributed by atoms with Crippen LogP contribution in [0.25, 0.3) is 10.1 Å². The molecule has 5 heteroatoms. The average Bonchev–Trinajstić information content (AvgIpc) is 3.12. The van der Waals surface area contributed by atoms with Gasteiger partial charge in [-0.2, -0.15) is 0 Å². The molecule has 108 valence electrons. The van der Waals surface area contributed by atoms with Gasteiger partial charge in [-0.1, -0.05) is 18.2 Å². The van der Waals surface area contributed by atoms with Crippen LogP contribution in [0.2, 0.25) is 0 Å². The van der Waals surface area contributed by atoms with Crippen LogP contribution in [0, 0.1) is 0 Å². The Bertz CT molecular complexity index is 761. The van der Waals surface area contributed by atoms with E-state index in [1.165, 1.54) is 11.3 Å². The van der Waals surface area contributed by atoms with Crippen LogP contribution in [-0.4, -0.2) is 11.1 Å². The molecule has 2 N–H and O–H groups in total. The second kappa shape index (κ2) is 5.71. The SMILES string of the molecule is CC(NCc1c(C(=O)O)sc2ccccc12)c1ccco1. The Hall–Kier alpha value is -2.11. The lowest BCUT2D eigenvalue weighted by molar-refractivity contribution is 0.0701. The molecule has 0 saturated carbocycles. The van der Waals surface area contributed by atoms with Gasteiger partial charge in [0.15, 0.2) is 0 Å². The predicted octanol–water partition coefficient (Wildman–Crippen LogP) is 4.04. The first-order valence-corrected chi connectivity index (χ1v) is 7.49. The van der Waals surface area contributed by atoms with Crippen molar-refractivity contribution in [1.82, 2.24) is 5.32 Å². The molecular weight excluding hydrogens is 286 g/mol. The summed E-state index contributed by atoms with van der Waals surface area (Å²) >= 11 is 1.32. The maximum Gasteiger partial charge on any atom is 0.346 e. The van der Waals surface area contributed by atoms with Crippen LogP contribution in [0.3, 0.4) is 0 Å². The molecule has 1 aromatic carbocycles. The van der Waals surface area contributed by atoms with Crippen molar-refractivity contribution in [3.63, 3.8) is 0 Å². The van der Waals surface area contributed by atoms with Gasteiger partial charge in [-0.25, -0.2) is 4.79 Å². The van der Waals surface area contributed by atoms with E-state index in [0.29, 0.717) is 11.4 Å². The molecule has 2 aromatic heterocycles. The van der Waals surface area contributed by atoms with Crippen molar-refractivity contribution in [2.24, 2.45) is 0 Å². The molecule has 1 unspecified atom stereocenters. The number of fused-ring (bicyclic) bond motifs is 1. The molecule has 4 nitrogen and oxygen atoms in total. The standard InChI is InChI=1S/C16H15NO3S/c1-10(13-6-4-8-20-13)17-9-12-11-5-2-3-7-14(11)21-15(12)16(18)19/h2-8,10,17H,9H2,1H3,(H,18,19). The maximum atomic E-state index is 11.4. The van der Waals surface area contributed by atoms with Gasteiger partial charge >= 0.3 is 5.97 Å². The van der Waals surface area contributed by atoms with Crippen molar-refractivity contribution >= 4 is 27.4 Å². The fraction of sp³-hybridized carbons (Fsp3) is 0.188. The Morgan fingerprint density at radius 1 is 1.33 bits per heavy atom. The van der Waals surface area contributed by atoms with Gasteiger partial charge in [0.25, 0.3) is 0 Å². The van der Waals surface area contributed by atoms with E-state index in [1.807, 2.05) is 43.3 Å². The lowest BCUT2D eigenvalue weighted by Gasteiger charge is -2.11. The third-order valence-corrected chi connectivity index (χ3v) is 4.65. The van der Waals surface area contributed by atoms with Gasteiger partial charge in [-0.3, -0.25) is 0 Å². The fourth-order valence-corrected chi connectivity index (χ4v) is 3.40. The van der Waals surface area contributed by atoms with E-state index in [2.05, 4.69) is 5.32 Å². The molecule has 3 rings (SSSR count). The van der Waals surface area contributed by atoms with Crippen LogP contribution in [0.1, 0.15) is 34.0 Å². The van der Waals surface area contributed by atoms with Crippen LogP contribution in [0.15, 0.2) is 47.1 Å². The molecule has 0 bridgehead atoms. The summed E-state index contributed by atoms with van der Waals surface area (Å²) in [6, 6.07) is 11.5. The second-order valence-electron chi connectivity index (χ2n) is 4.83. The van der Waals surface area contributed by atoms with Gasteiger partial charge < -0.3 is 14.8 Å². The van der Waals surface area contributed by atoms with E-state index in [1.54, 1.807) is 6.26 Å². The topological polar surface area (TPSA) is 62.5 Å². The molecule has 0 radical (unpaired) electrons. The first-order chi connectivity index (χ1) is 10.2. The average molecular weight is 301 g/mol. The molecule has 1 atom stereocenters. The Morgan fingerprint density at radius 2 is 2.14 bits per heavy atom. The first-order valence-electron chi connectivity index (χ1n) is 6.67. The molecule has 21 heavy (non-hydrogen) atoms. The Labute approximate surface area is 126 Å². The summed E-state index contributed by atoms with van der Waals surface area (Å²) in [6.07, 6.45) is 1.64. The number of benzene rings is 1. The minimum Gasteiger partial charge on any atom is -0.477 e. The van der Waals surface area contributed by atoms with E-state index in [4.69, 9.17) is 4.42 Å². The van der Waals surface area contributed by atoms with Gasteiger partial charge in [0.05, 0.1) is 12.3 Å². The smallest absolute Gasteiger partial charge is 0.346 e. The molecule has 0 spiro atoms. The van der Waals surface area contributed by atoms with E-state index >= 15 is 0 Å². The summed E-state index contributed by atoms with van der Waals surface area (Å²) in [5.41, 5.74) is 0.835. The molecule has 0 amide bonds. The van der Waals surface area contributed by atoms with Crippen molar-refractivity contribution in [3.05, 3.63) is 58.9 Å². The molecule has 0 aliphatic heterocycles. The van der Waals surface area contributed by atoms with Crippen molar-refractivity contribution in [2.45, 2.75) is 19.5 Å². The largest absolute Gasteiger partial charge is 0.477 e. The molecular formula is C16H15NO3S. The Balaban J connectivity index is 1.89. The number of thiophene rings is 1. The summed E-state index contributed by atoms with van der Waals surface area (Å²) in [4.78, 5) is 11.8. The number of hydrogen-bond acceptors (Lipinski definition) is 4. The van der Waals surface area contributed by atoms with Crippen LogP contribution in [0.4, 0.5) is 0 Å². The van der Waals surface area contributed by atoms with E-state index in [-0.39, 0.29) is 6.04 Å². The van der Waals surface area contributed by atoms with Crippen LogP contribution in [0.5, 0.6) is 0 Å². The van der Waals surface area contributed by atoms with E-state index < -0.39 is 5.97 Å². The van der Waals surface area contributed by atoms with Gasteiger partial charge in [0.2, 0.25) is 0 Å². The number of rotatable bonds is 5. The highest BCUT2D eigenvalue weighted by atomic mass is 32.1. The highest BCUT2D eigenvalue weighted by Crippen LogP contribution is 2.31. The lowest BCUT2D eigenvalue weighted by atomic mass is 10.1. The fourth-order valence-electron chi connectivity index (χ4n) is 2.34. The molecule has 0 fully saturated rings. The lowest BCUT2D eigenvalue weighted by Crippen LogP contribution is -2.18. The van der Waals surface area contributed by atoms with Crippen molar-refractivity contribution in [3.8, 4) is 0 Å². The van der Waals surface area contributed by atoms with Crippen molar-refractivity contribution < 1.29 is 14.3 Å². The predicted molar refractivity (Wildman–Crippen MR) is 82.7 cm³/mol. The second-order valence-corrected chi connectivity index (χ2v) is 5.88. The number of nitrogens with one attached hydrogen (secondary N) is 1. The van der Waals surface area contributed by atoms with Crippen LogP contribution >= 0.6 is 11.3 Å². The first kappa shape index (κ1) is 13.9. The summed E-state index contributed by atoms with van der Waals surface area (Å²) in [5.74, 6) is -0.0370. The highest BCUT2D eigenvalue weighted by molar-refractivity contribution is 7.21. The quantitative estimate of drug-likeness (QED) is 0.746. The number of carbonyl (C=O) groups is 1. The number of furan rings is 1. The molecule has 0 aliphatic rings. The Morgan fingerprint density at radius 3 is 2.86 bits per heavy atom. The van der Waals surface area contributed by atoms with E-state index in [9.17, 15) is 9.90 Å². The van der Waals surface area contributed by atoms with Crippen LogP contribution < -0.4 is 5.32 Å². The molecule has 3 aromatic rings. The third-order valence-electron chi connectivity index (χ3n) is 3.45. The normalized spacial score (nSPS) is 12.6. The zero-order valence-corrected chi connectivity index (χ0v) is 12.3. The minimum absolute atomic E-state index is 0.0281. The number of hydrogen-bond donors (Lipinski definition) is 2. The number of carboxylic acids is 1. The zero-order chi connectivity index (χ0) is 14.8. The maximum absolute atomic E-state index is 11.4. The Kier molecular flexibility index (Phi) is 3.77. The summed E-state index contributed by atoms with van der Waals surface area (Å²) in [7, 11) is 0. The number of carboxylic acid groups (broad SMARTS) is 1. The monoisotopic (exact) mass is 301 g/mol. The van der Waals surface area contributed by atoms with Gasteiger partial charge in [0.1, 0.15) is 10.6 Å². The van der Waals surface area contributed by atoms with Crippen LogP contribution in [-0.2, 0) is 6.54 Å². The van der Waals surface area contributed by atoms with Crippen molar-refractivity contribution in [1.29, 1.82) is 0 Å². The summed E-state index contributed by atoms with van der Waals surface area (Å²) in [5, 5.41) is 13.7. The third kappa shape index (κ3) is 2.70. The molecule has 2 heterocycles. The molecule has 0 saturated heterocycles. The minimum atomic E-state index is -0.876. The number of aromatic carboxylic acids is 1. The van der Waals surface area contributed by atoms with E-state index in [0.717, 1.165) is 21.4 Å². The van der Waals surface area contributed by atoms with Gasteiger partial charge in [0, 0.05) is 11.2 Å². The van der Waals surface area contributed by atoms with Gasteiger partial charge in [-0.05, 0) is 36.1 Å². The summed E-state index contributed by atoms with van der Waals surface area (Å²) in [6.45, 7) is 2.49. The van der Waals surface area contributed by atoms with Gasteiger partial charge in [-0.15, -0.1) is 11.3 Å².